The van der Waals surface area contributed by atoms with E-state index < -0.39 is 0 Å². The highest BCUT2D eigenvalue weighted by Crippen LogP contribution is 2.27. The Morgan fingerprint density at radius 3 is 2.58 bits per heavy atom. The number of hydrogen-bond donors (Lipinski definition) is 0. The summed E-state index contributed by atoms with van der Waals surface area (Å²) in [7, 11) is 1.89. The molecule has 154 valence electrons. The van der Waals surface area contributed by atoms with Gasteiger partial charge in [-0.3, -0.25) is 14.0 Å². The molecule has 7 heteroatoms. The lowest BCUT2D eigenvalue weighted by molar-refractivity contribution is 0.780. The quantitative estimate of drug-likeness (QED) is 0.332. The molecule has 0 bridgehead atoms. The highest BCUT2D eigenvalue weighted by atomic mass is 35.5. The third kappa shape index (κ3) is 3.62. The van der Waals surface area contributed by atoms with Gasteiger partial charge in [0.05, 0.1) is 16.2 Å². The van der Waals surface area contributed by atoms with Crippen molar-refractivity contribution in [3.63, 3.8) is 0 Å². The Balaban J connectivity index is 1.81. The average molecular weight is 447 g/mol. The summed E-state index contributed by atoms with van der Waals surface area (Å²) in [5.74, 6) is 0.910. The molecule has 0 aliphatic heterocycles. The van der Waals surface area contributed by atoms with E-state index in [-0.39, 0.29) is 5.56 Å². The van der Waals surface area contributed by atoms with Gasteiger partial charge in [0.1, 0.15) is 5.65 Å². The van der Waals surface area contributed by atoms with Crippen molar-refractivity contribution in [1.29, 1.82) is 0 Å². The molecule has 0 aliphatic rings. The van der Waals surface area contributed by atoms with E-state index in [0.29, 0.717) is 16.2 Å². The Morgan fingerprint density at radius 1 is 1.00 bits per heavy atom. The molecule has 5 rings (SSSR count). The first-order chi connectivity index (χ1) is 15.0. The van der Waals surface area contributed by atoms with E-state index in [9.17, 15) is 4.79 Å². The molecule has 0 saturated carbocycles. The Bertz CT molecular complexity index is 1490. The molecular weight excluding hydrogens is 428 g/mol. The van der Waals surface area contributed by atoms with Crippen LogP contribution in [0.15, 0.2) is 76.7 Å². The van der Waals surface area contributed by atoms with E-state index in [0.717, 1.165) is 38.3 Å². The third-order valence-corrected chi connectivity index (χ3v) is 6.20. The highest BCUT2D eigenvalue weighted by molar-refractivity contribution is 7.99. The molecule has 0 N–H and O–H groups in total. The number of benzene rings is 2. The van der Waals surface area contributed by atoms with Crippen molar-refractivity contribution in [3.8, 4) is 16.8 Å². The van der Waals surface area contributed by atoms with Crippen LogP contribution in [-0.4, -0.2) is 25.1 Å². The zero-order valence-corrected chi connectivity index (χ0v) is 18.6. The lowest BCUT2D eigenvalue weighted by atomic mass is 10.0. The molecule has 5 nitrogen and oxygen atoms in total. The van der Waals surface area contributed by atoms with Crippen LogP contribution in [0.1, 0.15) is 6.92 Å². The van der Waals surface area contributed by atoms with Gasteiger partial charge >= 0.3 is 0 Å². The fourth-order valence-electron chi connectivity index (χ4n) is 3.75. The Labute approximate surface area is 188 Å². The van der Waals surface area contributed by atoms with Crippen molar-refractivity contribution in [2.45, 2.75) is 11.9 Å². The normalized spacial score (nSPS) is 11.5. The molecule has 0 aliphatic carbocycles. The van der Waals surface area contributed by atoms with Crippen LogP contribution in [0.2, 0.25) is 5.02 Å². The number of aromatic nitrogens is 4. The second kappa shape index (κ2) is 7.87. The number of pyridine rings is 2. The number of thioether (sulfide) groups is 1. The first-order valence-corrected chi connectivity index (χ1v) is 11.3. The van der Waals surface area contributed by atoms with Crippen LogP contribution in [0.3, 0.4) is 0 Å². The Hall–Kier alpha value is -3.09. The summed E-state index contributed by atoms with van der Waals surface area (Å²) in [5.41, 5.74) is 3.61. The lowest BCUT2D eigenvalue weighted by Gasteiger charge is -2.14. The van der Waals surface area contributed by atoms with Crippen molar-refractivity contribution in [3.05, 3.63) is 82.2 Å². The van der Waals surface area contributed by atoms with Crippen LogP contribution in [0.5, 0.6) is 0 Å². The highest BCUT2D eigenvalue weighted by Gasteiger charge is 2.15. The first kappa shape index (κ1) is 19.8. The summed E-state index contributed by atoms with van der Waals surface area (Å²) < 4.78 is 3.45. The van der Waals surface area contributed by atoms with E-state index in [4.69, 9.17) is 16.6 Å². The van der Waals surface area contributed by atoms with Gasteiger partial charge in [-0.15, -0.1) is 11.8 Å². The number of aryl methyl sites for hydroxylation is 1. The van der Waals surface area contributed by atoms with Crippen molar-refractivity contribution < 1.29 is 0 Å². The van der Waals surface area contributed by atoms with E-state index in [1.807, 2.05) is 61.8 Å². The van der Waals surface area contributed by atoms with Crippen molar-refractivity contribution in [1.82, 2.24) is 19.3 Å². The standard InChI is InChI=1S/C24H19ClN4OS/c1-3-31-22-11-5-16-13-20(15-4-10-21-17(12-15)14-28(2)27-21)24(30)29(23(16)26-22)19-8-6-18(25)7-9-19/h4-14H,3H2,1-2H3. The summed E-state index contributed by atoms with van der Waals surface area (Å²) in [5, 5.41) is 7.83. The summed E-state index contributed by atoms with van der Waals surface area (Å²) >= 11 is 7.74. The summed E-state index contributed by atoms with van der Waals surface area (Å²) in [6.07, 6.45) is 1.95. The maximum atomic E-state index is 13.7. The summed E-state index contributed by atoms with van der Waals surface area (Å²) in [6, 6.07) is 19.1. The Morgan fingerprint density at radius 2 is 1.81 bits per heavy atom. The van der Waals surface area contributed by atoms with Gasteiger partial charge in [0, 0.05) is 34.6 Å². The monoisotopic (exact) mass is 446 g/mol. The van der Waals surface area contributed by atoms with Gasteiger partial charge in [-0.2, -0.15) is 5.10 Å². The summed E-state index contributed by atoms with van der Waals surface area (Å²) in [6.45, 7) is 2.08. The van der Waals surface area contributed by atoms with Gasteiger partial charge in [0.15, 0.2) is 0 Å². The molecule has 0 radical (unpaired) electrons. The largest absolute Gasteiger partial charge is 0.275 e. The van der Waals surface area contributed by atoms with E-state index in [1.165, 1.54) is 0 Å². The van der Waals surface area contributed by atoms with Crippen molar-refractivity contribution in [2.24, 2.45) is 7.05 Å². The molecule has 0 amide bonds. The van der Waals surface area contributed by atoms with E-state index in [2.05, 4.69) is 12.0 Å². The van der Waals surface area contributed by atoms with Gasteiger partial charge < -0.3 is 0 Å². The maximum absolute atomic E-state index is 13.7. The van der Waals surface area contributed by atoms with Crippen LogP contribution < -0.4 is 5.56 Å². The molecule has 0 unspecified atom stereocenters. The van der Waals surface area contributed by atoms with Crippen molar-refractivity contribution in [2.75, 3.05) is 5.75 Å². The zero-order valence-electron chi connectivity index (χ0n) is 17.0. The van der Waals surface area contributed by atoms with Gasteiger partial charge in [-0.25, -0.2) is 4.98 Å². The molecule has 2 aromatic carbocycles. The first-order valence-electron chi connectivity index (χ1n) is 9.93. The Kier molecular flexibility index (Phi) is 5.04. The molecule has 0 fully saturated rings. The van der Waals surface area contributed by atoms with Crippen LogP contribution in [0.4, 0.5) is 0 Å². The predicted octanol–water partition coefficient (Wildman–Crippen LogP) is 5.70. The topological polar surface area (TPSA) is 52.7 Å². The average Bonchev–Trinajstić information content (AvgIpc) is 3.14. The molecular formula is C24H19ClN4OS. The number of halogens is 1. The van der Waals surface area contributed by atoms with Gasteiger partial charge in [-0.1, -0.05) is 24.6 Å². The molecule has 0 atom stereocenters. The number of hydrogen-bond acceptors (Lipinski definition) is 4. The smallest absolute Gasteiger partial charge is 0.264 e. The molecule has 3 heterocycles. The van der Waals surface area contributed by atoms with Crippen LogP contribution in [0, 0.1) is 0 Å². The SMILES string of the molecule is CCSc1ccc2cc(-c3ccc4nn(C)cc4c3)c(=O)n(-c3ccc(Cl)cc3)c2n1. The van der Waals surface area contributed by atoms with Gasteiger partial charge in [0.25, 0.3) is 5.56 Å². The second-order valence-electron chi connectivity index (χ2n) is 7.25. The minimum atomic E-state index is -0.121. The minimum absolute atomic E-state index is 0.121. The summed E-state index contributed by atoms with van der Waals surface area (Å²) in [4.78, 5) is 18.5. The second-order valence-corrected chi connectivity index (χ2v) is 8.97. The molecule has 0 spiro atoms. The molecule has 0 saturated heterocycles. The van der Waals surface area contributed by atoms with Crippen LogP contribution >= 0.6 is 23.4 Å². The number of nitrogens with zero attached hydrogens (tertiary/aromatic N) is 4. The molecule has 3 aromatic heterocycles. The third-order valence-electron chi connectivity index (χ3n) is 5.13. The fourth-order valence-corrected chi connectivity index (χ4v) is 4.49. The fraction of sp³-hybridized carbons (Fsp3) is 0.125. The van der Waals surface area contributed by atoms with Crippen LogP contribution in [-0.2, 0) is 7.05 Å². The molecule has 31 heavy (non-hydrogen) atoms. The van der Waals surface area contributed by atoms with Gasteiger partial charge in [0.2, 0.25) is 0 Å². The van der Waals surface area contributed by atoms with Gasteiger partial charge in [-0.05, 0) is 65.9 Å². The van der Waals surface area contributed by atoms with Crippen LogP contribution in [0.25, 0.3) is 38.8 Å². The zero-order chi connectivity index (χ0) is 21.5. The number of fused-ring (bicyclic) bond motifs is 2. The maximum Gasteiger partial charge on any atom is 0.264 e. The molecule has 5 aromatic rings. The predicted molar refractivity (Wildman–Crippen MR) is 128 cm³/mol. The number of rotatable bonds is 4. The lowest BCUT2D eigenvalue weighted by Crippen LogP contribution is -2.21. The van der Waals surface area contributed by atoms with E-state index >= 15 is 0 Å². The van der Waals surface area contributed by atoms with E-state index in [1.54, 1.807) is 33.1 Å². The minimum Gasteiger partial charge on any atom is -0.275 e. The van der Waals surface area contributed by atoms with Crippen molar-refractivity contribution >= 4 is 45.3 Å².